The van der Waals surface area contributed by atoms with Gasteiger partial charge in [-0.2, -0.15) is 0 Å². The molecule has 0 aromatic heterocycles. The molecule has 25 heavy (non-hydrogen) atoms. The van der Waals surface area contributed by atoms with E-state index in [0.29, 0.717) is 21.5 Å². The molecule has 2 aromatic rings. The van der Waals surface area contributed by atoms with E-state index in [1.54, 1.807) is 12.1 Å². The van der Waals surface area contributed by atoms with Gasteiger partial charge in [-0.25, -0.2) is 4.79 Å². The van der Waals surface area contributed by atoms with E-state index in [4.69, 9.17) is 27.9 Å². The number of ether oxygens (including phenoxy) is 1. The van der Waals surface area contributed by atoms with E-state index in [1.165, 1.54) is 24.4 Å². The first kappa shape index (κ1) is 18.2. The fraction of sp³-hybridized carbons (Fsp3) is 0.211. The Labute approximate surface area is 161 Å². The van der Waals surface area contributed by atoms with Gasteiger partial charge in [0.25, 0.3) is 0 Å². The molecule has 130 valence electrons. The number of rotatable bonds is 5. The van der Waals surface area contributed by atoms with Gasteiger partial charge >= 0.3 is 5.97 Å². The summed E-state index contributed by atoms with van der Waals surface area (Å²) in [5, 5.41) is 4.75. The summed E-state index contributed by atoms with van der Waals surface area (Å²) in [6.07, 6.45) is 0.740. The summed E-state index contributed by atoms with van der Waals surface area (Å²) in [4.78, 5) is 12.8. The van der Waals surface area contributed by atoms with Crippen LogP contribution in [-0.2, 0) is 16.1 Å². The maximum absolute atomic E-state index is 12.1. The zero-order valence-corrected chi connectivity index (χ0v) is 15.9. The van der Waals surface area contributed by atoms with Crippen LogP contribution in [0, 0.1) is 0 Å². The van der Waals surface area contributed by atoms with E-state index in [0.717, 1.165) is 17.7 Å². The molecule has 1 aliphatic heterocycles. The Morgan fingerprint density at radius 1 is 1.24 bits per heavy atom. The van der Waals surface area contributed by atoms with Crippen LogP contribution >= 0.6 is 35.0 Å². The minimum atomic E-state index is -0.312. The molecule has 0 fully saturated rings. The van der Waals surface area contributed by atoms with Crippen molar-refractivity contribution in [1.29, 1.82) is 0 Å². The van der Waals surface area contributed by atoms with Crippen LogP contribution in [-0.4, -0.2) is 13.1 Å². The zero-order valence-electron chi connectivity index (χ0n) is 13.6. The first-order chi connectivity index (χ1) is 12.1. The van der Waals surface area contributed by atoms with E-state index >= 15 is 0 Å². The highest BCUT2D eigenvalue weighted by atomic mass is 35.5. The second-order valence-corrected chi connectivity index (χ2v) is 7.67. The minimum absolute atomic E-state index is 0.193. The molecule has 2 aromatic carbocycles. The minimum Gasteiger partial charge on any atom is -0.465 e. The fourth-order valence-corrected chi connectivity index (χ4v) is 4.45. The molecule has 0 saturated carbocycles. The van der Waals surface area contributed by atoms with E-state index in [1.807, 2.05) is 24.3 Å². The lowest BCUT2D eigenvalue weighted by atomic mass is 10.1. The average molecular weight is 394 g/mol. The van der Waals surface area contributed by atoms with Crippen molar-refractivity contribution in [3.05, 3.63) is 80.3 Å². The summed E-state index contributed by atoms with van der Waals surface area (Å²) >= 11 is 13.7. The van der Waals surface area contributed by atoms with Crippen LogP contribution in [0.3, 0.4) is 0 Å². The van der Waals surface area contributed by atoms with E-state index in [-0.39, 0.29) is 11.2 Å². The van der Waals surface area contributed by atoms with Crippen LogP contribution in [0.15, 0.2) is 59.1 Å². The van der Waals surface area contributed by atoms with Gasteiger partial charge in [0.05, 0.1) is 7.11 Å². The van der Waals surface area contributed by atoms with Crippen molar-refractivity contribution < 1.29 is 9.53 Å². The largest absolute Gasteiger partial charge is 0.465 e. The van der Waals surface area contributed by atoms with Crippen LogP contribution < -0.4 is 5.32 Å². The van der Waals surface area contributed by atoms with Crippen molar-refractivity contribution in [3.63, 3.8) is 0 Å². The molecule has 6 heteroatoms. The quantitative estimate of drug-likeness (QED) is 0.695. The van der Waals surface area contributed by atoms with Crippen LogP contribution in [0.2, 0.25) is 10.0 Å². The average Bonchev–Trinajstić information content (AvgIpc) is 3.05. The molecule has 0 radical (unpaired) electrons. The molecule has 0 saturated heterocycles. The fourth-order valence-electron chi connectivity index (χ4n) is 2.67. The normalized spacial score (nSPS) is 16.8. The third-order valence-electron chi connectivity index (χ3n) is 3.97. The molecular weight excluding hydrogens is 377 g/mol. The van der Waals surface area contributed by atoms with Gasteiger partial charge in [-0.1, -0.05) is 59.6 Å². The second-order valence-electron chi connectivity index (χ2n) is 5.61. The maximum atomic E-state index is 12.1. The maximum Gasteiger partial charge on any atom is 0.346 e. The van der Waals surface area contributed by atoms with Crippen LogP contribution in [0.5, 0.6) is 0 Å². The molecule has 1 unspecified atom stereocenters. The van der Waals surface area contributed by atoms with Gasteiger partial charge in [0.2, 0.25) is 0 Å². The van der Waals surface area contributed by atoms with Gasteiger partial charge in [-0.3, -0.25) is 0 Å². The highest BCUT2D eigenvalue weighted by molar-refractivity contribution is 8.04. The molecule has 3 nitrogen and oxygen atoms in total. The predicted molar refractivity (Wildman–Crippen MR) is 104 cm³/mol. The Morgan fingerprint density at radius 3 is 2.68 bits per heavy atom. The number of hydrogen-bond acceptors (Lipinski definition) is 4. The van der Waals surface area contributed by atoms with Gasteiger partial charge in [0.1, 0.15) is 4.91 Å². The first-order valence-corrected chi connectivity index (χ1v) is 9.43. The third-order valence-corrected chi connectivity index (χ3v) is 5.93. The molecule has 3 rings (SSSR count). The van der Waals surface area contributed by atoms with Gasteiger partial charge in [-0.15, -0.1) is 11.8 Å². The van der Waals surface area contributed by atoms with Crippen LogP contribution in [0.4, 0.5) is 0 Å². The van der Waals surface area contributed by atoms with Gasteiger partial charge in [0.15, 0.2) is 0 Å². The monoisotopic (exact) mass is 393 g/mol. The molecule has 0 amide bonds. The smallest absolute Gasteiger partial charge is 0.346 e. The Kier molecular flexibility index (Phi) is 5.94. The van der Waals surface area contributed by atoms with Gasteiger partial charge in [0, 0.05) is 34.0 Å². The van der Waals surface area contributed by atoms with Crippen LogP contribution in [0.1, 0.15) is 22.8 Å². The topological polar surface area (TPSA) is 38.3 Å². The van der Waals surface area contributed by atoms with Gasteiger partial charge in [-0.05, 0) is 23.3 Å². The van der Waals surface area contributed by atoms with E-state index < -0.39 is 0 Å². The number of carbonyl (C=O) groups is 1. The Balaban J connectivity index is 1.77. The van der Waals surface area contributed by atoms with Gasteiger partial charge < -0.3 is 10.1 Å². The van der Waals surface area contributed by atoms with E-state index in [2.05, 4.69) is 17.4 Å². The number of carbonyl (C=O) groups excluding carboxylic acids is 1. The molecular formula is C19H17Cl2NO2S. The number of nitrogens with one attached hydrogen (secondary N) is 1. The number of methoxy groups -OCH3 is 1. The van der Waals surface area contributed by atoms with Crippen molar-refractivity contribution in [1.82, 2.24) is 5.32 Å². The Morgan fingerprint density at radius 2 is 2.00 bits per heavy atom. The SMILES string of the molecule is COC(=O)C1=C(NCc2ccc(Cl)cc2Cl)CC(c2ccccc2)S1. The lowest BCUT2D eigenvalue weighted by Gasteiger charge is -2.12. The first-order valence-electron chi connectivity index (χ1n) is 7.79. The van der Waals surface area contributed by atoms with Crippen molar-refractivity contribution in [3.8, 4) is 0 Å². The van der Waals surface area contributed by atoms with Crippen molar-refractivity contribution in [2.45, 2.75) is 18.2 Å². The Hall–Kier alpha value is -1.62. The summed E-state index contributed by atoms with van der Waals surface area (Å²) in [5.41, 5.74) is 3.00. The Bertz CT molecular complexity index is 808. The van der Waals surface area contributed by atoms with Crippen LogP contribution in [0.25, 0.3) is 0 Å². The molecule has 0 aliphatic carbocycles. The number of esters is 1. The lowest BCUT2D eigenvalue weighted by Crippen LogP contribution is -2.16. The summed E-state index contributed by atoms with van der Waals surface area (Å²) in [7, 11) is 1.40. The summed E-state index contributed by atoms with van der Waals surface area (Å²) in [5.74, 6) is -0.312. The standard InChI is InChI=1S/C19H17Cl2NO2S/c1-24-19(23)18-16(10-17(25-18)12-5-3-2-4-6-12)22-11-13-7-8-14(20)9-15(13)21/h2-9,17,22H,10-11H2,1H3. The lowest BCUT2D eigenvalue weighted by molar-refractivity contribution is -0.135. The molecule has 1 N–H and O–H groups in total. The number of allylic oxidation sites excluding steroid dienone is 1. The molecule has 1 aliphatic rings. The summed E-state index contributed by atoms with van der Waals surface area (Å²) in [6.45, 7) is 0.522. The highest BCUT2D eigenvalue weighted by Gasteiger charge is 2.31. The molecule has 0 spiro atoms. The van der Waals surface area contributed by atoms with Crippen molar-refractivity contribution >= 4 is 40.9 Å². The number of thioether (sulfide) groups is 1. The second kappa shape index (κ2) is 8.17. The predicted octanol–water partition coefficient (Wildman–Crippen LogP) is 5.35. The summed E-state index contributed by atoms with van der Waals surface area (Å²) < 4.78 is 4.94. The number of halogens is 2. The zero-order chi connectivity index (χ0) is 17.8. The molecule has 1 heterocycles. The van der Waals surface area contributed by atoms with E-state index in [9.17, 15) is 4.79 Å². The van der Waals surface area contributed by atoms with Crippen molar-refractivity contribution in [2.24, 2.45) is 0 Å². The molecule has 0 bridgehead atoms. The van der Waals surface area contributed by atoms with Crippen molar-refractivity contribution in [2.75, 3.05) is 7.11 Å². The number of hydrogen-bond donors (Lipinski definition) is 1. The number of benzene rings is 2. The molecule has 1 atom stereocenters. The third kappa shape index (κ3) is 4.32. The summed E-state index contributed by atoms with van der Waals surface area (Å²) in [6, 6.07) is 15.5. The highest BCUT2D eigenvalue weighted by Crippen LogP contribution is 2.47.